The molecule has 0 aliphatic rings. The highest BCUT2D eigenvalue weighted by atomic mass is 32.1. The minimum Gasteiger partial charge on any atom is -0.320 e. The summed E-state index contributed by atoms with van der Waals surface area (Å²) in [4.78, 5) is 1.31. The second-order valence-corrected chi connectivity index (χ2v) is 4.99. The predicted molar refractivity (Wildman–Crippen MR) is 66.3 cm³/mol. The minimum atomic E-state index is 0.00977. The van der Waals surface area contributed by atoms with Crippen LogP contribution in [0.15, 0.2) is 35.7 Å². The molecule has 0 amide bonds. The molecule has 2 heteroatoms. The van der Waals surface area contributed by atoms with Gasteiger partial charge < -0.3 is 5.73 Å². The van der Waals surface area contributed by atoms with Gasteiger partial charge in [-0.25, -0.2) is 0 Å². The smallest absolute Gasteiger partial charge is 0.0559 e. The number of hydrogen-bond acceptors (Lipinski definition) is 2. The van der Waals surface area contributed by atoms with Crippen LogP contribution in [0, 0.1) is 13.8 Å². The summed E-state index contributed by atoms with van der Waals surface area (Å²) in [7, 11) is 0. The average molecular weight is 217 g/mol. The van der Waals surface area contributed by atoms with Gasteiger partial charge >= 0.3 is 0 Å². The van der Waals surface area contributed by atoms with E-state index in [2.05, 4.69) is 49.6 Å². The molecule has 0 saturated heterocycles. The lowest BCUT2D eigenvalue weighted by Crippen LogP contribution is -2.10. The van der Waals surface area contributed by atoms with Crippen molar-refractivity contribution in [2.24, 2.45) is 5.73 Å². The largest absolute Gasteiger partial charge is 0.320 e. The fourth-order valence-corrected chi connectivity index (χ4v) is 2.33. The maximum Gasteiger partial charge on any atom is 0.0559 e. The molecule has 0 saturated carbocycles. The van der Waals surface area contributed by atoms with Gasteiger partial charge in [-0.3, -0.25) is 0 Å². The first-order valence-corrected chi connectivity index (χ1v) is 5.92. The molecule has 0 bridgehead atoms. The first-order valence-electron chi connectivity index (χ1n) is 5.04. The molecule has 1 unspecified atom stereocenters. The Bertz CT molecular complexity index is 442. The van der Waals surface area contributed by atoms with E-state index in [1.807, 2.05) is 0 Å². The van der Waals surface area contributed by atoms with E-state index in [1.165, 1.54) is 21.6 Å². The number of nitrogens with two attached hydrogens (primary N) is 1. The maximum atomic E-state index is 6.19. The van der Waals surface area contributed by atoms with Crippen LogP contribution in [0.4, 0.5) is 0 Å². The van der Waals surface area contributed by atoms with Crippen LogP contribution in [0.5, 0.6) is 0 Å². The molecule has 0 aliphatic heterocycles. The van der Waals surface area contributed by atoms with E-state index in [4.69, 9.17) is 5.73 Å². The molecule has 1 nitrogen and oxygen atoms in total. The number of aryl methyl sites for hydroxylation is 2. The normalized spacial score (nSPS) is 12.7. The monoisotopic (exact) mass is 217 g/mol. The minimum absolute atomic E-state index is 0.00977. The molecule has 78 valence electrons. The van der Waals surface area contributed by atoms with Crippen LogP contribution in [0.25, 0.3) is 0 Å². The van der Waals surface area contributed by atoms with Gasteiger partial charge in [0.05, 0.1) is 6.04 Å². The van der Waals surface area contributed by atoms with Gasteiger partial charge in [0, 0.05) is 4.88 Å². The molecular formula is C13H15NS. The first-order chi connectivity index (χ1) is 7.16. The summed E-state index contributed by atoms with van der Waals surface area (Å²) in [5, 5.41) is 2.14. The van der Waals surface area contributed by atoms with Crippen molar-refractivity contribution in [3.8, 4) is 0 Å². The van der Waals surface area contributed by atoms with Crippen molar-refractivity contribution in [2.75, 3.05) is 0 Å². The fraction of sp³-hybridized carbons (Fsp3) is 0.231. The highest BCUT2D eigenvalue weighted by molar-refractivity contribution is 7.10. The third-order valence-corrected chi connectivity index (χ3v) is 3.43. The van der Waals surface area contributed by atoms with E-state index in [-0.39, 0.29) is 6.04 Å². The molecule has 15 heavy (non-hydrogen) atoms. The van der Waals surface area contributed by atoms with Gasteiger partial charge in [0.2, 0.25) is 0 Å². The molecule has 2 aromatic rings. The SMILES string of the molecule is Cc1ccc(C(N)c2csc(C)c2)cc1. The zero-order valence-corrected chi connectivity index (χ0v) is 9.84. The highest BCUT2D eigenvalue weighted by Crippen LogP contribution is 2.24. The van der Waals surface area contributed by atoms with E-state index >= 15 is 0 Å². The molecule has 0 fully saturated rings. The van der Waals surface area contributed by atoms with Crippen molar-refractivity contribution in [3.63, 3.8) is 0 Å². The van der Waals surface area contributed by atoms with Gasteiger partial charge in [0.25, 0.3) is 0 Å². The van der Waals surface area contributed by atoms with Crippen LogP contribution in [0.2, 0.25) is 0 Å². The number of benzene rings is 1. The Labute approximate surface area is 94.6 Å². The lowest BCUT2D eigenvalue weighted by atomic mass is 10.0. The third-order valence-electron chi connectivity index (χ3n) is 2.55. The van der Waals surface area contributed by atoms with Crippen LogP contribution in [-0.2, 0) is 0 Å². The van der Waals surface area contributed by atoms with Crippen molar-refractivity contribution < 1.29 is 0 Å². The van der Waals surface area contributed by atoms with E-state index < -0.39 is 0 Å². The summed E-state index contributed by atoms with van der Waals surface area (Å²) in [5.41, 5.74) is 9.85. The van der Waals surface area contributed by atoms with Crippen molar-refractivity contribution >= 4 is 11.3 Å². The lowest BCUT2D eigenvalue weighted by Gasteiger charge is -2.10. The summed E-state index contributed by atoms with van der Waals surface area (Å²) in [6, 6.07) is 10.6. The van der Waals surface area contributed by atoms with Crippen molar-refractivity contribution in [1.29, 1.82) is 0 Å². The standard InChI is InChI=1S/C13H15NS/c1-9-3-5-11(6-4-9)13(14)12-7-10(2)15-8-12/h3-8,13H,14H2,1-2H3. The Hall–Kier alpha value is -1.12. The molecule has 1 aromatic carbocycles. The van der Waals surface area contributed by atoms with E-state index in [9.17, 15) is 0 Å². The summed E-state index contributed by atoms with van der Waals surface area (Å²) in [6.07, 6.45) is 0. The molecule has 2 N–H and O–H groups in total. The van der Waals surface area contributed by atoms with Crippen molar-refractivity contribution in [3.05, 3.63) is 57.3 Å². The summed E-state index contributed by atoms with van der Waals surface area (Å²) in [6.45, 7) is 4.19. The summed E-state index contributed by atoms with van der Waals surface area (Å²) >= 11 is 1.75. The topological polar surface area (TPSA) is 26.0 Å². The van der Waals surface area contributed by atoms with Crippen LogP contribution in [0.1, 0.15) is 27.6 Å². The fourth-order valence-electron chi connectivity index (χ4n) is 1.59. The predicted octanol–water partition coefficient (Wildman–Crippen LogP) is 3.41. The lowest BCUT2D eigenvalue weighted by molar-refractivity contribution is 0.875. The van der Waals surface area contributed by atoms with E-state index in [0.717, 1.165) is 0 Å². The Balaban J connectivity index is 2.28. The first kappa shape index (κ1) is 10.4. The zero-order valence-electron chi connectivity index (χ0n) is 9.03. The van der Waals surface area contributed by atoms with Gasteiger partial charge in [0.15, 0.2) is 0 Å². The summed E-state index contributed by atoms with van der Waals surface area (Å²) < 4.78 is 0. The van der Waals surface area contributed by atoms with Gasteiger partial charge in [-0.2, -0.15) is 0 Å². The quantitative estimate of drug-likeness (QED) is 0.819. The summed E-state index contributed by atoms with van der Waals surface area (Å²) in [5.74, 6) is 0. The van der Waals surface area contributed by atoms with Crippen molar-refractivity contribution in [2.45, 2.75) is 19.9 Å². The number of thiophene rings is 1. The van der Waals surface area contributed by atoms with Crippen LogP contribution in [-0.4, -0.2) is 0 Å². The van der Waals surface area contributed by atoms with E-state index in [1.54, 1.807) is 11.3 Å². The van der Waals surface area contributed by atoms with Gasteiger partial charge in [-0.05, 0) is 36.4 Å². The Morgan fingerprint density at radius 3 is 2.27 bits per heavy atom. The zero-order chi connectivity index (χ0) is 10.8. The van der Waals surface area contributed by atoms with Crippen LogP contribution >= 0.6 is 11.3 Å². The third kappa shape index (κ3) is 2.28. The second-order valence-electron chi connectivity index (χ2n) is 3.88. The molecule has 0 radical (unpaired) electrons. The number of rotatable bonds is 2. The van der Waals surface area contributed by atoms with Crippen molar-refractivity contribution in [1.82, 2.24) is 0 Å². The van der Waals surface area contributed by atoms with Gasteiger partial charge in [-0.15, -0.1) is 11.3 Å². The molecule has 0 aliphatic carbocycles. The molecular weight excluding hydrogens is 202 g/mol. The Kier molecular flexibility index (Phi) is 2.89. The second kappa shape index (κ2) is 4.17. The van der Waals surface area contributed by atoms with Crippen LogP contribution < -0.4 is 5.73 Å². The van der Waals surface area contributed by atoms with Crippen LogP contribution in [0.3, 0.4) is 0 Å². The Morgan fingerprint density at radius 2 is 1.73 bits per heavy atom. The molecule has 1 aromatic heterocycles. The van der Waals surface area contributed by atoms with E-state index in [0.29, 0.717) is 0 Å². The molecule has 1 heterocycles. The molecule has 2 rings (SSSR count). The van der Waals surface area contributed by atoms with Gasteiger partial charge in [-0.1, -0.05) is 29.8 Å². The Morgan fingerprint density at radius 1 is 1.07 bits per heavy atom. The number of hydrogen-bond donors (Lipinski definition) is 1. The maximum absolute atomic E-state index is 6.19. The molecule has 1 atom stereocenters. The highest BCUT2D eigenvalue weighted by Gasteiger charge is 2.09. The molecule has 0 spiro atoms. The average Bonchev–Trinajstić information content (AvgIpc) is 2.65. The van der Waals surface area contributed by atoms with Gasteiger partial charge in [0.1, 0.15) is 0 Å².